The van der Waals surface area contributed by atoms with Crippen LogP contribution in [-0.4, -0.2) is 10.2 Å². The van der Waals surface area contributed by atoms with Crippen LogP contribution in [0.4, 0.5) is 5.00 Å². The van der Waals surface area contributed by atoms with E-state index in [0.717, 1.165) is 45.8 Å². The molecule has 2 heterocycles. The van der Waals surface area contributed by atoms with Gasteiger partial charge in [-0.05, 0) is 18.4 Å². The van der Waals surface area contributed by atoms with Gasteiger partial charge in [0.1, 0.15) is 16.8 Å². The van der Waals surface area contributed by atoms with Crippen LogP contribution in [0, 0.1) is 11.3 Å². The van der Waals surface area contributed by atoms with Crippen molar-refractivity contribution in [1.29, 1.82) is 5.26 Å². The molecule has 21 heavy (non-hydrogen) atoms. The second-order valence-electron chi connectivity index (χ2n) is 5.05. The van der Waals surface area contributed by atoms with Crippen LogP contribution < -0.4 is 5.73 Å². The minimum atomic E-state index is 0.607. The Balaban J connectivity index is 1.99. The minimum absolute atomic E-state index is 0.607. The molecule has 0 amide bonds. The van der Waals surface area contributed by atoms with Crippen LogP contribution in [0.5, 0.6) is 0 Å². The van der Waals surface area contributed by atoms with E-state index in [2.05, 4.69) is 16.3 Å². The molecule has 3 N–H and O–H groups in total. The highest BCUT2D eigenvalue weighted by Crippen LogP contribution is 2.46. The first-order valence-electron chi connectivity index (χ1n) is 6.74. The summed E-state index contributed by atoms with van der Waals surface area (Å²) in [5, 5.41) is 17.5. The number of anilines is 1. The number of aryl methyl sites for hydroxylation is 1. The fraction of sp³-hybridized carbons (Fsp3) is 0.125. The number of rotatable bonds is 1. The smallest absolute Gasteiger partial charge is 0.105 e. The van der Waals surface area contributed by atoms with Crippen LogP contribution in [0.3, 0.4) is 0 Å². The summed E-state index contributed by atoms with van der Waals surface area (Å²) in [6.07, 6.45) is 1.71. The molecule has 0 bridgehead atoms. The number of benzene rings is 1. The molecule has 102 valence electrons. The second kappa shape index (κ2) is 4.47. The van der Waals surface area contributed by atoms with Crippen LogP contribution >= 0.6 is 11.3 Å². The number of H-pyrrole nitrogens is 1. The Morgan fingerprint density at radius 3 is 2.81 bits per heavy atom. The fourth-order valence-electron chi connectivity index (χ4n) is 2.91. The Morgan fingerprint density at radius 2 is 2.05 bits per heavy atom. The predicted molar refractivity (Wildman–Crippen MR) is 83.9 cm³/mol. The van der Waals surface area contributed by atoms with E-state index in [-0.39, 0.29) is 0 Å². The number of nitrogens with one attached hydrogen (secondary N) is 1. The van der Waals surface area contributed by atoms with E-state index in [9.17, 15) is 5.26 Å². The standard InChI is InChI=1S/C16H12N4S/c17-8-11-10-6-7-12-13(15(10)21-16(11)18)14(20-19-12)9-4-2-1-3-5-9/h1-5H,6-7,18H2,(H,19,20). The zero-order valence-electron chi connectivity index (χ0n) is 11.2. The van der Waals surface area contributed by atoms with Crippen molar-refractivity contribution in [2.24, 2.45) is 0 Å². The summed E-state index contributed by atoms with van der Waals surface area (Å²) < 4.78 is 0. The number of fused-ring (bicyclic) bond motifs is 3. The third kappa shape index (κ3) is 1.70. The predicted octanol–water partition coefficient (Wildman–Crippen LogP) is 3.36. The lowest BCUT2D eigenvalue weighted by molar-refractivity contribution is 0.885. The fourth-order valence-corrected chi connectivity index (χ4v) is 4.05. The third-order valence-electron chi connectivity index (χ3n) is 3.89. The van der Waals surface area contributed by atoms with E-state index in [1.165, 1.54) is 11.3 Å². The van der Waals surface area contributed by atoms with Crippen LogP contribution in [0.2, 0.25) is 0 Å². The molecule has 1 aliphatic carbocycles. The SMILES string of the molecule is N#Cc1c(N)sc2c1CCc1[nH]nc(-c3ccccc3)c1-2. The molecule has 0 atom stereocenters. The van der Waals surface area contributed by atoms with Gasteiger partial charge >= 0.3 is 0 Å². The van der Waals surface area contributed by atoms with Gasteiger partial charge < -0.3 is 5.73 Å². The Kier molecular flexibility index (Phi) is 2.59. The second-order valence-corrected chi connectivity index (χ2v) is 6.10. The van der Waals surface area contributed by atoms with Gasteiger partial charge in [0.15, 0.2) is 0 Å². The molecule has 3 aromatic rings. The molecule has 1 aromatic carbocycles. The van der Waals surface area contributed by atoms with Crippen molar-refractivity contribution in [2.45, 2.75) is 12.8 Å². The monoisotopic (exact) mass is 292 g/mol. The number of nitriles is 1. The molecule has 5 heteroatoms. The summed E-state index contributed by atoms with van der Waals surface area (Å²) in [5.74, 6) is 0. The normalized spacial score (nSPS) is 12.5. The molecule has 0 unspecified atom stereocenters. The van der Waals surface area contributed by atoms with Crippen LogP contribution in [-0.2, 0) is 12.8 Å². The molecule has 0 saturated carbocycles. The highest BCUT2D eigenvalue weighted by Gasteiger charge is 2.28. The molecule has 4 nitrogen and oxygen atoms in total. The number of aromatic amines is 1. The number of nitrogens with zero attached hydrogens (tertiary/aromatic N) is 2. The molecule has 0 fully saturated rings. The maximum Gasteiger partial charge on any atom is 0.105 e. The van der Waals surface area contributed by atoms with Crippen molar-refractivity contribution in [3.63, 3.8) is 0 Å². The van der Waals surface area contributed by atoms with E-state index in [1.807, 2.05) is 30.3 Å². The third-order valence-corrected chi connectivity index (χ3v) is 4.97. The lowest BCUT2D eigenvalue weighted by Gasteiger charge is -2.13. The molecule has 0 radical (unpaired) electrons. The summed E-state index contributed by atoms with van der Waals surface area (Å²) in [7, 11) is 0. The Bertz CT molecular complexity index is 868. The zero-order chi connectivity index (χ0) is 14.4. The molecule has 2 aromatic heterocycles. The zero-order valence-corrected chi connectivity index (χ0v) is 12.0. The van der Waals surface area contributed by atoms with Gasteiger partial charge in [0.2, 0.25) is 0 Å². The number of thiophene rings is 1. The number of hydrogen-bond donors (Lipinski definition) is 2. The number of nitrogens with two attached hydrogens (primary N) is 1. The van der Waals surface area contributed by atoms with Crippen LogP contribution in [0.25, 0.3) is 21.7 Å². The number of nitrogen functional groups attached to an aromatic ring is 1. The summed E-state index contributed by atoms with van der Waals surface area (Å²) in [6.45, 7) is 0. The van der Waals surface area contributed by atoms with Crippen molar-refractivity contribution in [3.05, 3.63) is 47.2 Å². The highest BCUT2D eigenvalue weighted by molar-refractivity contribution is 7.19. The van der Waals surface area contributed by atoms with E-state index in [1.54, 1.807) is 0 Å². The number of aromatic nitrogens is 2. The van der Waals surface area contributed by atoms with Gasteiger partial charge in [-0.1, -0.05) is 30.3 Å². The first kappa shape index (κ1) is 12.2. The molecule has 1 aliphatic rings. The van der Waals surface area contributed by atoms with Gasteiger partial charge in [0, 0.05) is 21.7 Å². The topological polar surface area (TPSA) is 78.5 Å². The first-order valence-corrected chi connectivity index (χ1v) is 7.55. The largest absolute Gasteiger partial charge is 0.389 e. The van der Waals surface area contributed by atoms with Gasteiger partial charge in [0.25, 0.3) is 0 Å². The lowest BCUT2D eigenvalue weighted by atomic mass is 9.91. The average molecular weight is 292 g/mol. The van der Waals surface area contributed by atoms with Gasteiger partial charge in [-0.3, -0.25) is 5.10 Å². The molecule has 0 spiro atoms. The Morgan fingerprint density at radius 1 is 1.24 bits per heavy atom. The van der Waals surface area contributed by atoms with Gasteiger partial charge in [-0.15, -0.1) is 11.3 Å². The van der Waals surface area contributed by atoms with Gasteiger partial charge in [0.05, 0.1) is 5.56 Å². The van der Waals surface area contributed by atoms with Crippen LogP contribution in [0.15, 0.2) is 30.3 Å². The molecule has 0 saturated heterocycles. The Labute approximate surface area is 125 Å². The highest BCUT2D eigenvalue weighted by atomic mass is 32.1. The quantitative estimate of drug-likeness (QED) is 0.722. The number of hydrogen-bond acceptors (Lipinski definition) is 4. The lowest BCUT2D eigenvalue weighted by Crippen LogP contribution is -2.02. The van der Waals surface area contributed by atoms with Crippen LogP contribution in [0.1, 0.15) is 16.8 Å². The summed E-state index contributed by atoms with van der Waals surface area (Å²) in [4.78, 5) is 1.10. The Hall–Kier alpha value is -2.58. The van der Waals surface area contributed by atoms with E-state index in [4.69, 9.17) is 5.73 Å². The summed E-state index contributed by atoms with van der Waals surface area (Å²) in [5.41, 5.74) is 12.0. The maximum absolute atomic E-state index is 9.30. The molecule has 4 rings (SSSR count). The summed E-state index contributed by atoms with van der Waals surface area (Å²) in [6, 6.07) is 12.3. The molecular weight excluding hydrogens is 280 g/mol. The minimum Gasteiger partial charge on any atom is -0.389 e. The van der Waals surface area contributed by atoms with Crippen molar-refractivity contribution in [1.82, 2.24) is 10.2 Å². The van der Waals surface area contributed by atoms with E-state index in [0.29, 0.717) is 10.6 Å². The maximum atomic E-state index is 9.30. The van der Waals surface area contributed by atoms with Crippen molar-refractivity contribution >= 4 is 16.3 Å². The summed E-state index contributed by atoms with van der Waals surface area (Å²) >= 11 is 1.49. The van der Waals surface area contributed by atoms with Gasteiger partial charge in [-0.25, -0.2) is 0 Å². The van der Waals surface area contributed by atoms with E-state index < -0.39 is 0 Å². The van der Waals surface area contributed by atoms with Gasteiger partial charge in [-0.2, -0.15) is 10.4 Å². The molecular formula is C16H12N4S. The van der Waals surface area contributed by atoms with Crippen molar-refractivity contribution < 1.29 is 0 Å². The van der Waals surface area contributed by atoms with Crippen molar-refractivity contribution in [3.8, 4) is 27.8 Å². The molecule has 0 aliphatic heterocycles. The first-order chi connectivity index (χ1) is 10.3. The van der Waals surface area contributed by atoms with E-state index >= 15 is 0 Å². The average Bonchev–Trinajstić information content (AvgIpc) is 3.07. The van der Waals surface area contributed by atoms with Crippen molar-refractivity contribution in [2.75, 3.05) is 5.73 Å².